The Morgan fingerprint density at radius 1 is 1.14 bits per heavy atom. The van der Waals surface area contributed by atoms with Gasteiger partial charge in [-0.1, -0.05) is 6.92 Å². The topological polar surface area (TPSA) is 49.6 Å². The SMILES string of the molecule is CC1CCC(N)C(C(=O)N2CCC3C(CCCN3C)C2)C1. The maximum absolute atomic E-state index is 12.9. The molecule has 1 saturated carbocycles. The molecule has 2 N–H and O–H groups in total. The molecule has 5 unspecified atom stereocenters. The molecule has 0 aromatic carbocycles. The highest BCUT2D eigenvalue weighted by molar-refractivity contribution is 5.80. The average Bonchev–Trinajstić information content (AvgIpc) is 2.49. The first-order chi connectivity index (χ1) is 10.1. The van der Waals surface area contributed by atoms with Gasteiger partial charge in [-0.3, -0.25) is 4.79 Å². The van der Waals surface area contributed by atoms with Crippen LogP contribution in [0, 0.1) is 17.8 Å². The summed E-state index contributed by atoms with van der Waals surface area (Å²) in [6, 6.07) is 0.780. The molecule has 4 heteroatoms. The third-order valence-electron chi connectivity index (χ3n) is 6.14. The molecule has 3 aliphatic rings. The summed E-state index contributed by atoms with van der Waals surface area (Å²) >= 11 is 0. The van der Waals surface area contributed by atoms with E-state index >= 15 is 0 Å². The predicted molar refractivity (Wildman–Crippen MR) is 84.8 cm³/mol. The summed E-state index contributed by atoms with van der Waals surface area (Å²) in [5.41, 5.74) is 6.25. The highest BCUT2D eigenvalue weighted by atomic mass is 16.2. The molecule has 2 heterocycles. The molecule has 0 bridgehead atoms. The molecule has 0 aromatic heterocycles. The molecule has 0 spiro atoms. The van der Waals surface area contributed by atoms with E-state index in [9.17, 15) is 4.79 Å². The third kappa shape index (κ3) is 3.11. The molecule has 0 radical (unpaired) electrons. The number of carbonyl (C=O) groups is 1. The fourth-order valence-corrected chi connectivity index (χ4v) is 4.78. The number of fused-ring (bicyclic) bond motifs is 1. The number of hydrogen-bond acceptors (Lipinski definition) is 3. The second-order valence-electron chi connectivity index (χ2n) is 7.71. The lowest BCUT2D eigenvalue weighted by molar-refractivity contribution is -0.141. The van der Waals surface area contributed by atoms with Crippen molar-refractivity contribution in [2.75, 3.05) is 26.7 Å². The molecule has 1 aliphatic carbocycles. The fourth-order valence-electron chi connectivity index (χ4n) is 4.78. The van der Waals surface area contributed by atoms with Gasteiger partial charge in [0.15, 0.2) is 0 Å². The minimum Gasteiger partial charge on any atom is -0.342 e. The molecule has 0 aromatic rings. The minimum atomic E-state index is 0.0756. The minimum absolute atomic E-state index is 0.0756. The summed E-state index contributed by atoms with van der Waals surface area (Å²) in [5.74, 6) is 1.75. The summed E-state index contributed by atoms with van der Waals surface area (Å²) in [6.07, 6.45) is 6.89. The van der Waals surface area contributed by atoms with Gasteiger partial charge in [0.1, 0.15) is 0 Å². The van der Waals surface area contributed by atoms with Crippen LogP contribution in [-0.2, 0) is 4.79 Å². The van der Waals surface area contributed by atoms with Crippen molar-refractivity contribution >= 4 is 5.91 Å². The van der Waals surface area contributed by atoms with Crippen molar-refractivity contribution in [3.63, 3.8) is 0 Å². The van der Waals surface area contributed by atoms with Crippen LogP contribution < -0.4 is 5.73 Å². The van der Waals surface area contributed by atoms with E-state index in [1.807, 2.05) is 0 Å². The van der Waals surface area contributed by atoms with Crippen molar-refractivity contribution < 1.29 is 4.79 Å². The van der Waals surface area contributed by atoms with Crippen LogP contribution in [0.3, 0.4) is 0 Å². The zero-order valence-corrected chi connectivity index (χ0v) is 13.6. The smallest absolute Gasteiger partial charge is 0.227 e. The lowest BCUT2D eigenvalue weighted by atomic mass is 9.77. The number of nitrogens with two attached hydrogens (primary N) is 1. The van der Waals surface area contributed by atoms with E-state index in [1.165, 1.54) is 25.8 Å². The Labute approximate surface area is 129 Å². The van der Waals surface area contributed by atoms with E-state index in [4.69, 9.17) is 5.73 Å². The van der Waals surface area contributed by atoms with Gasteiger partial charge in [-0.05, 0) is 64.0 Å². The lowest BCUT2D eigenvalue weighted by Crippen LogP contribution is -2.56. The van der Waals surface area contributed by atoms with E-state index in [-0.39, 0.29) is 12.0 Å². The molecule has 5 atom stereocenters. The quantitative estimate of drug-likeness (QED) is 0.800. The van der Waals surface area contributed by atoms with Crippen LogP contribution in [0.25, 0.3) is 0 Å². The van der Waals surface area contributed by atoms with Gasteiger partial charge in [-0.15, -0.1) is 0 Å². The summed E-state index contributed by atoms with van der Waals surface area (Å²) < 4.78 is 0. The van der Waals surface area contributed by atoms with Crippen molar-refractivity contribution in [3.05, 3.63) is 0 Å². The zero-order chi connectivity index (χ0) is 15.0. The maximum Gasteiger partial charge on any atom is 0.227 e. The highest BCUT2D eigenvalue weighted by Crippen LogP contribution is 2.33. The van der Waals surface area contributed by atoms with E-state index in [2.05, 4.69) is 23.8 Å². The monoisotopic (exact) mass is 293 g/mol. The van der Waals surface area contributed by atoms with Gasteiger partial charge >= 0.3 is 0 Å². The number of carbonyl (C=O) groups excluding carboxylic acids is 1. The number of rotatable bonds is 1. The normalized spacial score (nSPS) is 41.7. The largest absolute Gasteiger partial charge is 0.342 e. The average molecular weight is 293 g/mol. The van der Waals surface area contributed by atoms with Gasteiger partial charge in [-0.2, -0.15) is 0 Å². The van der Waals surface area contributed by atoms with Crippen LogP contribution in [0.2, 0.25) is 0 Å². The van der Waals surface area contributed by atoms with Crippen LogP contribution >= 0.6 is 0 Å². The van der Waals surface area contributed by atoms with Gasteiger partial charge < -0.3 is 15.5 Å². The second-order valence-corrected chi connectivity index (χ2v) is 7.71. The Morgan fingerprint density at radius 2 is 1.95 bits per heavy atom. The zero-order valence-electron chi connectivity index (χ0n) is 13.6. The maximum atomic E-state index is 12.9. The molecule has 21 heavy (non-hydrogen) atoms. The molecule has 2 saturated heterocycles. The van der Waals surface area contributed by atoms with Crippen LogP contribution in [-0.4, -0.2) is 54.5 Å². The number of hydrogen-bond donors (Lipinski definition) is 1. The number of nitrogens with zero attached hydrogens (tertiary/aromatic N) is 2. The molecule has 2 aliphatic heterocycles. The Hall–Kier alpha value is -0.610. The Kier molecular flexibility index (Phi) is 4.55. The van der Waals surface area contributed by atoms with Crippen LogP contribution in [0.1, 0.15) is 45.4 Å². The fraction of sp³-hybridized carbons (Fsp3) is 0.941. The van der Waals surface area contributed by atoms with Crippen LogP contribution in [0.15, 0.2) is 0 Å². The molecule has 120 valence electrons. The van der Waals surface area contributed by atoms with Gasteiger partial charge in [0.05, 0.1) is 5.92 Å². The molecule has 3 rings (SSSR count). The van der Waals surface area contributed by atoms with Crippen molar-refractivity contribution in [2.45, 2.75) is 57.5 Å². The first kappa shape index (κ1) is 15.3. The number of likely N-dealkylation sites (tertiary alicyclic amines) is 2. The Morgan fingerprint density at radius 3 is 2.76 bits per heavy atom. The van der Waals surface area contributed by atoms with E-state index in [0.717, 1.165) is 32.4 Å². The molecular formula is C17H31N3O. The van der Waals surface area contributed by atoms with Gasteiger partial charge in [-0.25, -0.2) is 0 Å². The van der Waals surface area contributed by atoms with E-state index in [0.29, 0.717) is 23.8 Å². The van der Waals surface area contributed by atoms with Crippen molar-refractivity contribution in [1.29, 1.82) is 0 Å². The standard InChI is InChI=1S/C17H31N3O/c1-12-5-6-15(18)14(10-12)17(21)20-9-7-16-13(11-20)4-3-8-19(16)2/h12-16H,3-11,18H2,1-2H3. The molecule has 1 amide bonds. The van der Waals surface area contributed by atoms with Gasteiger partial charge in [0.2, 0.25) is 5.91 Å². The molecular weight excluding hydrogens is 262 g/mol. The summed E-state index contributed by atoms with van der Waals surface area (Å²) in [5, 5.41) is 0. The van der Waals surface area contributed by atoms with E-state index < -0.39 is 0 Å². The molecule has 3 fully saturated rings. The summed E-state index contributed by atoms with van der Waals surface area (Å²) in [7, 11) is 2.24. The van der Waals surface area contributed by atoms with Gasteiger partial charge in [0.25, 0.3) is 0 Å². The van der Waals surface area contributed by atoms with Crippen LogP contribution in [0.4, 0.5) is 0 Å². The van der Waals surface area contributed by atoms with Crippen molar-refractivity contribution in [1.82, 2.24) is 9.80 Å². The van der Waals surface area contributed by atoms with E-state index in [1.54, 1.807) is 0 Å². The summed E-state index contributed by atoms with van der Waals surface area (Å²) in [6.45, 7) is 5.38. The van der Waals surface area contributed by atoms with Crippen LogP contribution in [0.5, 0.6) is 0 Å². The first-order valence-electron chi connectivity index (χ1n) is 8.81. The Bertz CT molecular complexity index is 386. The van der Waals surface area contributed by atoms with Gasteiger partial charge in [0, 0.05) is 25.2 Å². The van der Waals surface area contributed by atoms with Crippen molar-refractivity contribution in [3.8, 4) is 0 Å². The second kappa shape index (κ2) is 6.25. The first-order valence-corrected chi connectivity index (χ1v) is 8.81. The predicted octanol–water partition coefficient (Wildman–Crippen LogP) is 1.69. The number of amides is 1. The van der Waals surface area contributed by atoms with Crippen molar-refractivity contribution in [2.24, 2.45) is 23.5 Å². The summed E-state index contributed by atoms with van der Waals surface area (Å²) in [4.78, 5) is 17.5. The lowest BCUT2D eigenvalue weighted by Gasteiger charge is -2.47. The Balaban J connectivity index is 1.63. The third-order valence-corrected chi connectivity index (χ3v) is 6.14. The number of piperidine rings is 2. The molecule has 4 nitrogen and oxygen atoms in total. The highest BCUT2D eigenvalue weighted by Gasteiger charge is 2.39.